The average Bonchev–Trinajstić information content (AvgIpc) is 3.68. The normalized spacial score (nSPS) is 12.5. The van der Waals surface area contributed by atoms with Gasteiger partial charge < -0.3 is 4.42 Å². The van der Waals surface area contributed by atoms with Crippen LogP contribution in [-0.4, -0.2) is 15.0 Å². The first-order chi connectivity index (χ1) is 29.2. The van der Waals surface area contributed by atoms with Crippen LogP contribution in [0.15, 0.2) is 186 Å². The van der Waals surface area contributed by atoms with Crippen molar-refractivity contribution in [1.29, 1.82) is 0 Å². The fraction of sp³-hybridized carbons (Fsp3) is 0.0364. The van der Waals surface area contributed by atoms with Crippen molar-refractivity contribution < 1.29 is 4.42 Å². The van der Waals surface area contributed by atoms with E-state index in [-0.39, 0.29) is 0 Å². The van der Waals surface area contributed by atoms with E-state index in [1.807, 2.05) is 60.7 Å². The Balaban J connectivity index is 1.04. The molecule has 0 N–H and O–H groups in total. The van der Waals surface area contributed by atoms with Gasteiger partial charge in [0.25, 0.3) is 0 Å². The summed E-state index contributed by atoms with van der Waals surface area (Å²) >= 11 is 0. The minimum absolute atomic E-state index is 0.570. The molecule has 0 saturated heterocycles. The van der Waals surface area contributed by atoms with Gasteiger partial charge >= 0.3 is 0 Å². The van der Waals surface area contributed by atoms with Crippen LogP contribution in [0, 0.1) is 0 Å². The fourth-order valence-corrected chi connectivity index (χ4v) is 9.01. The lowest BCUT2D eigenvalue weighted by atomic mass is 9.91. The molecule has 0 bridgehead atoms. The van der Waals surface area contributed by atoms with Gasteiger partial charge in [-0.2, -0.15) is 0 Å². The third-order valence-electron chi connectivity index (χ3n) is 11.9. The molecular weight excluding hydrogens is 719 g/mol. The fourth-order valence-electron chi connectivity index (χ4n) is 9.01. The van der Waals surface area contributed by atoms with Crippen molar-refractivity contribution in [2.45, 2.75) is 12.8 Å². The molecule has 12 rings (SSSR count). The summed E-state index contributed by atoms with van der Waals surface area (Å²) in [6.07, 6.45) is 6.51. The summed E-state index contributed by atoms with van der Waals surface area (Å²) < 4.78 is 6.82. The van der Waals surface area contributed by atoms with Crippen LogP contribution in [0.25, 0.3) is 117 Å². The van der Waals surface area contributed by atoms with Crippen molar-refractivity contribution in [2.24, 2.45) is 0 Å². The number of allylic oxidation sites excluding steroid dienone is 1. The standard InChI is InChI=1S/C55H35N3O/c1-3-13-36(14-4-1)53-56-54(37-15-5-2-6-16-37)58-55(57-53)50-32-41(31-49-48-30-38-17-7-8-18-39(38)33-51(48)59-52(49)50)35-25-23-34(24-26-35)40-27-28-46-44-21-10-9-19-42(44)43-20-11-12-22-45(43)47(46)29-40/h1-6,8-16,18-33H,7,17H2. The Morgan fingerprint density at radius 2 is 0.898 bits per heavy atom. The highest BCUT2D eigenvalue weighted by molar-refractivity contribution is 6.25. The SMILES string of the molecule is C1=Cc2cc3oc4c(-c5nc(-c6ccccc6)nc(-c6ccccc6)n5)cc(-c5ccc(-c6ccc7c8ccccc8c8ccccc8c7c6)cc5)cc4c3cc2CC1. The number of rotatable bonds is 5. The molecule has 59 heavy (non-hydrogen) atoms. The predicted octanol–water partition coefficient (Wildman–Crippen LogP) is 14.5. The second-order valence-corrected chi connectivity index (χ2v) is 15.5. The number of fused-ring (bicyclic) bond motifs is 10. The van der Waals surface area contributed by atoms with E-state index in [9.17, 15) is 0 Å². The molecule has 0 radical (unpaired) electrons. The number of hydrogen-bond donors (Lipinski definition) is 0. The van der Waals surface area contributed by atoms with Gasteiger partial charge in [-0.3, -0.25) is 0 Å². The zero-order valence-corrected chi connectivity index (χ0v) is 32.1. The summed E-state index contributed by atoms with van der Waals surface area (Å²) in [5.74, 6) is 1.80. The van der Waals surface area contributed by atoms with E-state index in [0.29, 0.717) is 17.5 Å². The molecular formula is C55H35N3O. The van der Waals surface area contributed by atoms with E-state index in [0.717, 1.165) is 62.6 Å². The molecule has 0 aliphatic heterocycles. The van der Waals surface area contributed by atoms with Crippen LogP contribution in [0.5, 0.6) is 0 Å². The smallest absolute Gasteiger partial charge is 0.167 e. The van der Waals surface area contributed by atoms with Gasteiger partial charge in [0.15, 0.2) is 17.5 Å². The summed E-state index contributed by atoms with van der Waals surface area (Å²) in [6, 6.07) is 62.5. The highest BCUT2D eigenvalue weighted by atomic mass is 16.3. The predicted molar refractivity (Wildman–Crippen MR) is 244 cm³/mol. The molecule has 0 unspecified atom stereocenters. The number of nitrogens with zero attached hydrogens (tertiary/aromatic N) is 3. The summed E-state index contributed by atoms with van der Waals surface area (Å²) in [7, 11) is 0. The lowest BCUT2D eigenvalue weighted by Crippen LogP contribution is -2.00. The van der Waals surface area contributed by atoms with E-state index in [1.54, 1.807) is 0 Å². The van der Waals surface area contributed by atoms with Crippen molar-refractivity contribution >= 4 is 60.3 Å². The van der Waals surface area contributed by atoms with Crippen molar-refractivity contribution in [3.63, 3.8) is 0 Å². The highest BCUT2D eigenvalue weighted by Gasteiger charge is 2.21. The van der Waals surface area contributed by atoms with E-state index in [4.69, 9.17) is 19.4 Å². The summed E-state index contributed by atoms with van der Waals surface area (Å²) in [5, 5.41) is 9.81. The van der Waals surface area contributed by atoms with Gasteiger partial charge in [0.05, 0.1) is 5.56 Å². The molecule has 11 aromatic rings. The molecule has 0 atom stereocenters. The van der Waals surface area contributed by atoms with Crippen LogP contribution in [0.2, 0.25) is 0 Å². The van der Waals surface area contributed by atoms with Gasteiger partial charge in [0.2, 0.25) is 0 Å². The van der Waals surface area contributed by atoms with Gasteiger partial charge in [-0.15, -0.1) is 0 Å². The Hall–Kier alpha value is -7.69. The molecule has 0 spiro atoms. The minimum Gasteiger partial charge on any atom is -0.455 e. The van der Waals surface area contributed by atoms with E-state index in [2.05, 4.69) is 127 Å². The van der Waals surface area contributed by atoms with Crippen LogP contribution in [0.1, 0.15) is 17.5 Å². The summed E-state index contributed by atoms with van der Waals surface area (Å²) in [5.41, 5.74) is 11.4. The van der Waals surface area contributed by atoms with Gasteiger partial charge in [-0.05, 0) is 109 Å². The average molecular weight is 754 g/mol. The number of benzene rings is 9. The van der Waals surface area contributed by atoms with Crippen LogP contribution < -0.4 is 0 Å². The Bertz CT molecular complexity index is 3380. The molecule has 9 aromatic carbocycles. The molecule has 2 aromatic heterocycles. The molecule has 4 nitrogen and oxygen atoms in total. The van der Waals surface area contributed by atoms with Gasteiger partial charge in [-0.1, -0.05) is 158 Å². The number of aryl methyl sites for hydroxylation is 1. The zero-order chi connectivity index (χ0) is 38.9. The van der Waals surface area contributed by atoms with Crippen molar-refractivity contribution in [3.05, 3.63) is 193 Å². The first kappa shape index (κ1) is 33.4. The van der Waals surface area contributed by atoms with E-state index >= 15 is 0 Å². The molecule has 2 heterocycles. The van der Waals surface area contributed by atoms with E-state index in [1.165, 1.54) is 54.6 Å². The Morgan fingerprint density at radius 1 is 0.373 bits per heavy atom. The third kappa shape index (κ3) is 5.64. The quantitative estimate of drug-likeness (QED) is 0.164. The number of furan rings is 1. The molecule has 4 heteroatoms. The Morgan fingerprint density at radius 3 is 1.54 bits per heavy atom. The van der Waals surface area contributed by atoms with Gasteiger partial charge in [0, 0.05) is 21.9 Å². The van der Waals surface area contributed by atoms with Crippen LogP contribution in [0.4, 0.5) is 0 Å². The molecule has 276 valence electrons. The molecule has 0 fully saturated rings. The zero-order valence-electron chi connectivity index (χ0n) is 32.1. The lowest BCUT2D eigenvalue weighted by Gasteiger charge is -2.13. The highest BCUT2D eigenvalue weighted by Crippen LogP contribution is 2.42. The van der Waals surface area contributed by atoms with Gasteiger partial charge in [0.1, 0.15) is 11.2 Å². The molecule has 1 aliphatic rings. The molecule has 1 aliphatic carbocycles. The van der Waals surface area contributed by atoms with Crippen LogP contribution in [0.3, 0.4) is 0 Å². The van der Waals surface area contributed by atoms with Crippen LogP contribution >= 0.6 is 0 Å². The van der Waals surface area contributed by atoms with Crippen molar-refractivity contribution in [1.82, 2.24) is 15.0 Å². The maximum absolute atomic E-state index is 6.82. The Labute approximate surface area is 340 Å². The lowest BCUT2D eigenvalue weighted by molar-refractivity contribution is 0.669. The second kappa shape index (κ2) is 13.5. The van der Waals surface area contributed by atoms with E-state index < -0.39 is 0 Å². The topological polar surface area (TPSA) is 51.8 Å². The maximum Gasteiger partial charge on any atom is 0.167 e. The minimum atomic E-state index is 0.570. The van der Waals surface area contributed by atoms with Gasteiger partial charge in [-0.25, -0.2) is 15.0 Å². The number of aromatic nitrogens is 3. The Kier molecular flexibility index (Phi) is 7.63. The molecule has 0 amide bonds. The maximum atomic E-state index is 6.82. The largest absolute Gasteiger partial charge is 0.455 e. The van der Waals surface area contributed by atoms with Crippen molar-refractivity contribution in [3.8, 4) is 56.4 Å². The summed E-state index contributed by atoms with van der Waals surface area (Å²) in [4.78, 5) is 15.3. The first-order valence-corrected chi connectivity index (χ1v) is 20.2. The second-order valence-electron chi connectivity index (χ2n) is 15.5. The molecule has 0 saturated carbocycles. The van der Waals surface area contributed by atoms with Crippen LogP contribution in [-0.2, 0) is 6.42 Å². The number of hydrogen-bond acceptors (Lipinski definition) is 4. The van der Waals surface area contributed by atoms with Crippen molar-refractivity contribution in [2.75, 3.05) is 0 Å². The monoisotopic (exact) mass is 753 g/mol. The third-order valence-corrected chi connectivity index (χ3v) is 11.9. The summed E-state index contributed by atoms with van der Waals surface area (Å²) in [6.45, 7) is 0. The first-order valence-electron chi connectivity index (χ1n) is 20.2.